The summed E-state index contributed by atoms with van der Waals surface area (Å²) in [5.41, 5.74) is 0. The lowest BCUT2D eigenvalue weighted by atomic mass is 10.0. The van der Waals surface area contributed by atoms with Crippen LogP contribution >= 0.6 is 0 Å². The van der Waals surface area contributed by atoms with E-state index in [0.717, 1.165) is 19.3 Å². The molecule has 43 heavy (non-hydrogen) atoms. The lowest BCUT2D eigenvalue weighted by molar-refractivity contribution is -0.881. The van der Waals surface area contributed by atoms with Gasteiger partial charge in [-0.3, -0.25) is 0 Å². The molecule has 0 aromatic carbocycles. The predicted octanol–water partition coefficient (Wildman–Crippen LogP) is 3.70. The average molecular weight is 638 g/mol. The normalized spacial score (nSPS) is 12.5. The standard InChI is InChI=1S/C32H63N3O7.ClH/c1-7-9-10-11-12-13-14-15-16-17-18-19-20-21-22-23-24-33-31(37)41-30(28(3)39-6)42-32(38)34-25-26-35(4,5)27-29(36)40-8-2;/h28,30H,7-27H2,1-6H3,(H-,33,34,37,38);1H. The molecule has 2 unspecified atom stereocenters. The number of nitrogens with zero attached hydrogens (tertiary/aromatic N) is 1. The number of halogens is 1. The fraction of sp³-hybridized carbons (Fsp3) is 0.906. The number of quaternary nitrogens is 1. The topological polar surface area (TPSA) is 112 Å². The van der Waals surface area contributed by atoms with Gasteiger partial charge in [-0.2, -0.15) is 0 Å². The molecule has 0 fully saturated rings. The summed E-state index contributed by atoms with van der Waals surface area (Å²) < 4.78 is 21.1. The summed E-state index contributed by atoms with van der Waals surface area (Å²) in [6, 6.07) is 0. The van der Waals surface area contributed by atoms with E-state index < -0.39 is 24.6 Å². The molecule has 0 heterocycles. The average Bonchev–Trinajstić information content (AvgIpc) is 2.93. The van der Waals surface area contributed by atoms with Gasteiger partial charge in [0.15, 0.2) is 6.54 Å². The number of amides is 2. The van der Waals surface area contributed by atoms with E-state index in [0.29, 0.717) is 24.2 Å². The van der Waals surface area contributed by atoms with E-state index in [-0.39, 0.29) is 31.5 Å². The van der Waals surface area contributed by atoms with Crippen molar-refractivity contribution >= 4 is 18.2 Å². The molecule has 0 rings (SSSR count). The Morgan fingerprint density at radius 1 is 0.674 bits per heavy atom. The van der Waals surface area contributed by atoms with Gasteiger partial charge in [0.1, 0.15) is 6.10 Å². The van der Waals surface area contributed by atoms with Crippen LogP contribution in [-0.4, -0.2) is 89.0 Å². The maximum absolute atomic E-state index is 12.3. The van der Waals surface area contributed by atoms with Crippen molar-refractivity contribution in [3.8, 4) is 0 Å². The number of methoxy groups -OCH3 is 1. The molecule has 11 heteroatoms. The fourth-order valence-corrected chi connectivity index (χ4v) is 4.58. The van der Waals surface area contributed by atoms with Crippen LogP contribution in [0.3, 0.4) is 0 Å². The minimum atomic E-state index is -1.19. The van der Waals surface area contributed by atoms with Gasteiger partial charge in [-0.15, -0.1) is 0 Å². The summed E-state index contributed by atoms with van der Waals surface area (Å²) in [6.07, 6.45) is 17.5. The summed E-state index contributed by atoms with van der Waals surface area (Å²) in [5.74, 6) is -0.293. The summed E-state index contributed by atoms with van der Waals surface area (Å²) >= 11 is 0. The Labute approximate surface area is 268 Å². The molecule has 0 saturated carbocycles. The highest BCUT2D eigenvalue weighted by atomic mass is 35.5. The number of esters is 1. The van der Waals surface area contributed by atoms with E-state index >= 15 is 0 Å². The molecule has 0 aliphatic rings. The highest BCUT2D eigenvalue weighted by molar-refractivity contribution is 5.70. The molecule has 0 aliphatic heterocycles. The van der Waals surface area contributed by atoms with Gasteiger partial charge < -0.3 is 46.5 Å². The van der Waals surface area contributed by atoms with E-state index in [2.05, 4.69) is 17.6 Å². The fourth-order valence-electron chi connectivity index (χ4n) is 4.58. The van der Waals surface area contributed by atoms with Gasteiger partial charge in [0, 0.05) is 13.7 Å². The number of ether oxygens (including phenoxy) is 4. The van der Waals surface area contributed by atoms with Gasteiger partial charge in [0.2, 0.25) is 0 Å². The molecule has 10 nitrogen and oxygen atoms in total. The Morgan fingerprint density at radius 3 is 1.51 bits per heavy atom. The Bertz CT molecular complexity index is 698. The SMILES string of the molecule is CCCCCCCCCCCCCCCCCCNC(=O)OC(OC(=O)NCC[N+](C)(C)CC(=O)OCC)C(C)OC.[Cl-]. The summed E-state index contributed by atoms with van der Waals surface area (Å²) in [7, 11) is 5.19. The monoisotopic (exact) mass is 637 g/mol. The maximum atomic E-state index is 12.3. The Balaban J connectivity index is 0. The van der Waals surface area contributed by atoms with E-state index in [9.17, 15) is 14.4 Å². The summed E-state index contributed by atoms with van der Waals surface area (Å²) in [5, 5.41) is 5.37. The van der Waals surface area contributed by atoms with Crippen LogP contribution in [0.2, 0.25) is 0 Å². The van der Waals surface area contributed by atoms with Gasteiger partial charge >= 0.3 is 18.2 Å². The second kappa shape index (κ2) is 29.0. The summed E-state index contributed by atoms with van der Waals surface area (Å²) in [4.78, 5) is 36.3. The number of alkyl carbamates (subject to hydrolysis) is 2. The lowest BCUT2D eigenvalue weighted by Gasteiger charge is -2.28. The molecule has 0 bridgehead atoms. The van der Waals surface area contributed by atoms with Gasteiger partial charge in [0.05, 0.1) is 33.8 Å². The third-order valence-corrected chi connectivity index (χ3v) is 7.35. The van der Waals surface area contributed by atoms with Crippen LogP contribution in [0, 0.1) is 0 Å². The number of hydrogen-bond donors (Lipinski definition) is 2. The molecule has 2 atom stereocenters. The lowest BCUT2D eigenvalue weighted by Crippen LogP contribution is -3.00. The van der Waals surface area contributed by atoms with Gasteiger partial charge in [-0.05, 0) is 20.3 Å². The van der Waals surface area contributed by atoms with Gasteiger partial charge in [0.25, 0.3) is 6.29 Å². The van der Waals surface area contributed by atoms with Crippen molar-refractivity contribution in [2.75, 3.05) is 54.0 Å². The van der Waals surface area contributed by atoms with Crippen LogP contribution < -0.4 is 23.0 Å². The molecule has 0 aromatic heterocycles. The van der Waals surface area contributed by atoms with E-state index in [1.165, 1.54) is 90.6 Å². The Morgan fingerprint density at radius 2 is 1.09 bits per heavy atom. The van der Waals surface area contributed by atoms with Crippen LogP contribution in [0.4, 0.5) is 9.59 Å². The number of rotatable bonds is 27. The maximum Gasteiger partial charge on any atom is 0.410 e. The highest BCUT2D eigenvalue weighted by Gasteiger charge is 2.26. The third kappa shape index (κ3) is 27.5. The third-order valence-electron chi connectivity index (χ3n) is 7.35. The first-order valence-electron chi connectivity index (χ1n) is 16.5. The van der Waals surface area contributed by atoms with Crippen molar-refractivity contribution in [1.29, 1.82) is 0 Å². The molecular weight excluding hydrogens is 574 g/mol. The zero-order valence-corrected chi connectivity index (χ0v) is 28.9. The summed E-state index contributed by atoms with van der Waals surface area (Å²) in [6.45, 7) is 7.46. The van der Waals surface area contributed by atoms with Crippen LogP contribution in [-0.2, 0) is 23.7 Å². The first-order valence-corrected chi connectivity index (χ1v) is 16.5. The van der Waals surface area contributed by atoms with Crippen LogP contribution in [0.5, 0.6) is 0 Å². The smallest absolute Gasteiger partial charge is 0.410 e. The number of carbonyl (C=O) groups is 3. The van der Waals surface area contributed by atoms with E-state index in [4.69, 9.17) is 18.9 Å². The van der Waals surface area contributed by atoms with Crippen LogP contribution in [0.1, 0.15) is 124 Å². The largest absolute Gasteiger partial charge is 1.00 e. The molecule has 0 saturated heterocycles. The second-order valence-electron chi connectivity index (χ2n) is 11.9. The molecular formula is C32H64ClN3O7. The van der Waals surface area contributed by atoms with Crippen molar-refractivity contribution in [3.05, 3.63) is 0 Å². The minimum absolute atomic E-state index is 0. The van der Waals surface area contributed by atoms with Crippen molar-refractivity contribution in [2.24, 2.45) is 0 Å². The van der Waals surface area contributed by atoms with Crippen molar-refractivity contribution in [3.63, 3.8) is 0 Å². The molecule has 0 aromatic rings. The Kier molecular flexibility index (Phi) is 29.2. The van der Waals surface area contributed by atoms with Crippen molar-refractivity contribution in [2.45, 2.75) is 136 Å². The number of hydrogen-bond acceptors (Lipinski definition) is 7. The van der Waals surface area contributed by atoms with Crippen LogP contribution in [0.25, 0.3) is 0 Å². The number of unbranched alkanes of at least 4 members (excludes halogenated alkanes) is 15. The molecule has 2 amide bonds. The van der Waals surface area contributed by atoms with Gasteiger partial charge in [-0.25, -0.2) is 14.4 Å². The van der Waals surface area contributed by atoms with Crippen molar-refractivity contribution in [1.82, 2.24) is 10.6 Å². The first-order chi connectivity index (χ1) is 20.1. The van der Waals surface area contributed by atoms with E-state index in [1.807, 2.05) is 14.1 Å². The van der Waals surface area contributed by atoms with Gasteiger partial charge in [-0.1, -0.05) is 103 Å². The zero-order valence-electron chi connectivity index (χ0n) is 28.2. The number of likely N-dealkylation sites (N-methyl/N-ethyl adjacent to an activating group) is 1. The molecule has 0 radical (unpaired) electrons. The molecule has 256 valence electrons. The highest BCUT2D eigenvalue weighted by Crippen LogP contribution is 2.14. The number of nitrogens with one attached hydrogen (secondary N) is 2. The predicted molar refractivity (Wildman–Crippen MR) is 167 cm³/mol. The second-order valence-corrected chi connectivity index (χ2v) is 11.9. The number of carbonyl (C=O) groups excluding carboxylic acids is 3. The molecule has 2 N–H and O–H groups in total. The minimum Gasteiger partial charge on any atom is -1.00 e. The first kappa shape index (κ1) is 43.3. The zero-order chi connectivity index (χ0) is 31.5. The molecule has 0 spiro atoms. The quantitative estimate of drug-likeness (QED) is 0.0611. The Hall–Kier alpha value is -1.78. The van der Waals surface area contributed by atoms with E-state index in [1.54, 1.807) is 13.8 Å². The molecule has 0 aliphatic carbocycles. The van der Waals surface area contributed by atoms with Crippen molar-refractivity contribution < 1.29 is 50.2 Å². The van der Waals surface area contributed by atoms with Crippen LogP contribution in [0.15, 0.2) is 0 Å².